The third kappa shape index (κ3) is 4.02. The number of halogens is 1. The van der Waals surface area contributed by atoms with Gasteiger partial charge in [0.25, 0.3) is 5.91 Å². The van der Waals surface area contributed by atoms with E-state index in [9.17, 15) is 19.2 Å². The fourth-order valence-corrected chi connectivity index (χ4v) is 4.94. The number of nitrogens with zero attached hydrogens (tertiary/aromatic N) is 1. The molecular weight excluding hydrogens is 441 g/mol. The molecule has 1 atom stereocenters. The van der Waals surface area contributed by atoms with Gasteiger partial charge in [0.2, 0.25) is 11.8 Å². The van der Waals surface area contributed by atoms with Crippen LogP contribution in [0.2, 0.25) is 0 Å². The summed E-state index contributed by atoms with van der Waals surface area (Å²) in [4.78, 5) is 49.5. The number of imide groups is 1. The van der Waals surface area contributed by atoms with Crippen molar-refractivity contribution in [3.05, 3.63) is 64.0 Å². The number of piperidine rings is 1. The maximum Gasteiger partial charge on any atom is 0.409 e. The molecule has 2 fully saturated rings. The van der Waals surface area contributed by atoms with E-state index in [0.717, 1.165) is 18.4 Å². The highest BCUT2D eigenvalue weighted by Crippen LogP contribution is 2.39. The van der Waals surface area contributed by atoms with Crippen LogP contribution in [0.25, 0.3) is 0 Å². The molecule has 1 saturated carbocycles. The summed E-state index contributed by atoms with van der Waals surface area (Å²) in [6.07, 6.45) is 2.99. The zero-order valence-electron chi connectivity index (χ0n) is 18.4. The minimum atomic E-state index is -0.937. The molecule has 2 aromatic rings. The molecule has 9 heteroatoms. The molecule has 2 aliphatic heterocycles. The second kappa shape index (κ2) is 8.55. The topological polar surface area (TPSA) is 119 Å². The van der Waals surface area contributed by atoms with E-state index in [0.29, 0.717) is 22.8 Å². The van der Waals surface area contributed by atoms with Gasteiger partial charge in [0.15, 0.2) is 0 Å². The molecule has 1 saturated heterocycles. The van der Waals surface area contributed by atoms with E-state index in [1.807, 2.05) is 12.1 Å². The monoisotopic (exact) mass is 465 g/mol. The number of benzene rings is 2. The molecule has 0 aromatic heterocycles. The number of fused-ring (bicyclic) bond motifs is 1. The van der Waals surface area contributed by atoms with Gasteiger partial charge < -0.3 is 15.4 Å². The molecule has 3 aliphatic rings. The first kappa shape index (κ1) is 22.1. The lowest BCUT2D eigenvalue weighted by atomic mass is 9.79. The highest BCUT2D eigenvalue weighted by Gasteiger charge is 2.40. The highest BCUT2D eigenvalue weighted by atomic mass is 19.1. The zero-order chi connectivity index (χ0) is 24.0. The van der Waals surface area contributed by atoms with Crippen LogP contribution in [0.5, 0.6) is 5.75 Å². The maximum absolute atomic E-state index is 15.1. The second-order valence-electron chi connectivity index (χ2n) is 9.10. The van der Waals surface area contributed by atoms with Crippen LogP contribution in [0, 0.1) is 5.82 Å². The van der Waals surface area contributed by atoms with Crippen LogP contribution in [0.4, 0.5) is 9.18 Å². The molecular formula is C25H24FN3O5. The van der Waals surface area contributed by atoms with Crippen molar-refractivity contribution in [3.8, 4) is 5.75 Å². The minimum absolute atomic E-state index is 0.0280. The van der Waals surface area contributed by atoms with Crippen molar-refractivity contribution in [2.75, 3.05) is 0 Å². The molecule has 5 rings (SSSR count). The Bertz CT molecular complexity index is 1220. The summed E-state index contributed by atoms with van der Waals surface area (Å²) < 4.78 is 20.2. The first-order chi connectivity index (χ1) is 16.3. The Morgan fingerprint density at radius 2 is 1.94 bits per heavy atom. The first-order valence-electron chi connectivity index (χ1n) is 11.4. The van der Waals surface area contributed by atoms with Crippen LogP contribution in [0.3, 0.4) is 0 Å². The summed E-state index contributed by atoms with van der Waals surface area (Å²) in [6, 6.07) is 7.74. The number of nitrogens with one attached hydrogen (secondary N) is 1. The summed E-state index contributed by atoms with van der Waals surface area (Å²) in [6.45, 7) is -0.0280. The van der Waals surface area contributed by atoms with Gasteiger partial charge in [0.05, 0.1) is 6.54 Å². The Labute approximate surface area is 195 Å². The van der Waals surface area contributed by atoms with Crippen molar-refractivity contribution in [3.63, 3.8) is 0 Å². The lowest BCUT2D eigenvalue weighted by Crippen LogP contribution is -2.52. The van der Waals surface area contributed by atoms with Crippen LogP contribution in [0.15, 0.2) is 30.3 Å². The van der Waals surface area contributed by atoms with Crippen molar-refractivity contribution in [1.82, 2.24) is 10.2 Å². The molecule has 8 nitrogen and oxygen atoms in total. The van der Waals surface area contributed by atoms with E-state index in [1.165, 1.54) is 17.4 Å². The van der Waals surface area contributed by atoms with Gasteiger partial charge in [-0.2, -0.15) is 0 Å². The molecule has 0 radical (unpaired) electrons. The van der Waals surface area contributed by atoms with Gasteiger partial charge in [0.1, 0.15) is 17.6 Å². The van der Waals surface area contributed by atoms with Crippen LogP contribution < -0.4 is 15.8 Å². The third-order valence-electron chi connectivity index (χ3n) is 6.93. The number of hydrogen-bond acceptors (Lipinski definition) is 5. The number of hydrogen-bond donors (Lipinski definition) is 2. The largest absolute Gasteiger partial charge is 0.410 e. The Morgan fingerprint density at radius 1 is 1.15 bits per heavy atom. The molecule has 3 N–H and O–H groups in total. The fraction of sp³-hybridized carbons (Fsp3) is 0.360. The average molecular weight is 465 g/mol. The van der Waals surface area contributed by atoms with Crippen LogP contribution in [-0.4, -0.2) is 34.8 Å². The Kier molecular flexibility index (Phi) is 5.55. The lowest BCUT2D eigenvalue weighted by molar-refractivity contribution is -0.136. The molecule has 0 bridgehead atoms. The van der Waals surface area contributed by atoms with Crippen LogP contribution >= 0.6 is 0 Å². The molecule has 34 heavy (non-hydrogen) atoms. The molecule has 2 heterocycles. The van der Waals surface area contributed by atoms with Gasteiger partial charge in [-0.1, -0.05) is 18.6 Å². The predicted molar refractivity (Wildman–Crippen MR) is 118 cm³/mol. The van der Waals surface area contributed by atoms with Crippen molar-refractivity contribution >= 4 is 23.8 Å². The number of amides is 4. The van der Waals surface area contributed by atoms with E-state index in [-0.39, 0.29) is 42.8 Å². The average Bonchev–Trinajstić information content (AvgIpc) is 3.05. The predicted octanol–water partition coefficient (Wildman–Crippen LogP) is 2.90. The second-order valence-corrected chi connectivity index (χ2v) is 9.10. The third-order valence-corrected chi connectivity index (χ3v) is 6.93. The Morgan fingerprint density at radius 3 is 2.62 bits per heavy atom. The SMILES string of the molecule is NC(=O)Oc1ccc(C2CCC2)cc1Cc1cc(F)c2c(c1)C(=O)N(C1CCC(=O)NC1=O)C2. The standard InChI is InChI=1S/C25H24FN3O5/c26-19-10-13(8-16-11-15(14-2-1-3-14)4-6-21(16)34-25(27)33)9-17-18(19)12-29(24(17)32)20-5-7-22(30)28-23(20)31/h4,6,9-11,14,20H,1-3,5,7-8,12H2,(H2,27,33)(H,28,30,31). The van der Waals surface area contributed by atoms with Crippen LogP contribution in [-0.2, 0) is 22.6 Å². The number of carbonyl (C=O) groups is 4. The van der Waals surface area contributed by atoms with E-state index >= 15 is 4.39 Å². The van der Waals surface area contributed by atoms with Gasteiger partial charge in [-0.05, 0) is 60.1 Å². The number of ether oxygens (including phenoxy) is 1. The molecule has 0 spiro atoms. The fourth-order valence-electron chi connectivity index (χ4n) is 4.94. The van der Waals surface area contributed by atoms with E-state index in [1.54, 1.807) is 12.1 Å². The Balaban J connectivity index is 1.43. The van der Waals surface area contributed by atoms with Gasteiger partial charge in [0, 0.05) is 24.0 Å². The van der Waals surface area contributed by atoms with Crippen molar-refractivity contribution in [2.24, 2.45) is 5.73 Å². The molecule has 2 aromatic carbocycles. The van der Waals surface area contributed by atoms with E-state index < -0.39 is 29.8 Å². The summed E-state index contributed by atoms with van der Waals surface area (Å²) >= 11 is 0. The molecule has 4 amide bonds. The number of carbonyl (C=O) groups excluding carboxylic acids is 4. The Hall–Kier alpha value is -3.75. The number of primary amides is 1. The normalized spacial score (nSPS) is 20.1. The smallest absolute Gasteiger partial charge is 0.409 e. The summed E-state index contributed by atoms with van der Waals surface area (Å²) in [5.41, 5.74) is 7.99. The van der Waals surface area contributed by atoms with E-state index in [4.69, 9.17) is 10.5 Å². The number of nitrogens with two attached hydrogens (primary N) is 1. The van der Waals surface area contributed by atoms with Gasteiger partial charge in [-0.15, -0.1) is 0 Å². The van der Waals surface area contributed by atoms with Gasteiger partial charge in [-0.25, -0.2) is 9.18 Å². The van der Waals surface area contributed by atoms with Gasteiger partial charge >= 0.3 is 6.09 Å². The van der Waals surface area contributed by atoms with E-state index in [2.05, 4.69) is 5.32 Å². The van der Waals surface area contributed by atoms with Crippen molar-refractivity contribution < 1.29 is 28.3 Å². The lowest BCUT2D eigenvalue weighted by Gasteiger charge is -2.29. The molecule has 1 aliphatic carbocycles. The summed E-state index contributed by atoms with van der Waals surface area (Å²) in [5, 5.41) is 2.24. The highest BCUT2D eigenvalue weighted by molar-refractivity contribution is 6.05. The summed E-state index contributed by atoms with van der Waals surface area (Å²) in [5.74, 6) is -1.16. The summed E-state index contributed by atoms with van der Waals surface area (Å²) in [7, 11) is 0. The maximum atomic E-state index is 15.1. The van der Waals surface area contributed by atoms with Crippen molar-refractivity contribution in [2.45, 2.75) is 57.0 Å². The van der Waals surface area contributed by atoms with Crippen LogP contribution in [0.1, 0.15) is 70.6 Å². The minimum Gasteiger partial charge on any atom is -0.410 e. The number of rotatable bonds is 5. The molecule has 176 valence electrons. The zero-order valence-corrected chi connectivity index (χ0v) is 18.4. The van der Waals surface area contributed by atoms with Crippen molar-refractivity contribution in [1.29, 1.82) is 0 Å². The quantitative estimate of drug-likeness (QED) is 0.658. The first-order valence-corrected chi connectivity index (χ1v) is 11.4. The van der Waals surface area contributed by atoms with Gasteiger partial charge in [-0.3, -0.25) is 19.7 Å². The molecule has 1 unspecified atom stereocenters.